The van der Waals surface area contributed by atoms with Crippen molar-refractivity contribution in [2.45, 2.75) is 19.1 Å². The summed E-state index contributed by atoms with van der Waals surface area (Å²) in [4.78, 5) is 24.4. The van der Waals surface area contributed by atoms with Crippen LogP contribution in [0.1, 0.15) is 23.2 Å². The molecule has 4 rings (SSSR count). The molecule has 1 N–H and O–H groups in total. The predicted molar refractivity (Wildman–Crippen MR) is 92.3 cm³/mol. The van der Waals surface area contributed by atoms with Gasteiger partial charge in [-0.05, 0) is 30.3 Å². The van der Waals surface area contributed by atoms with Crippen LogP contribution in [0.15, 0.2) is 36.4 Å². The first-order chi connectivity index (χ1) is 13.4. The quantitative estimate of drug-likeness (QED) is 0.787. The molecule has 2 aromatic carbocycles. The number of ketones is 1. The van der Waals surface area contributed by atoms with Crippen LogP contribution in [0.4, 0.5) is 14.5 Å². The van der Waals surface area contributed by atoms with E-state index < -0.39 is 12.2 Å². The molecular formula is C19H15F2NO6. The van der Waals surface area contributed by atoms with E-state index in [-0.39, 0.29) is 35.8 Å². The van der Waals surface area contributed by atoms with Gasteiger partial charge in [-0.3, -0.25) is 9.59 Å². The van der Waals surface area contributed by atoms with E-state index >= 15 is 0 Å². The van der Waals surface area contributed by atoms with Crippen molar-refractivity contribution in [3.63, 3.8) is 0 Å². The number of hydrogen-bond acceptors (Lipinski definition) is 6. The molecule has 0 unspecified atom stereocenters. The summed E-state index contributed by atoms with van der Waals surface area (Å²) in [5.41, 5.74) is 0.680. The van der Waals surface area contributed by atoms with Crippen molar-refractivity contribution in [3.8, 4) is 23.0 Å². The number of carbonyl (C=O) groups is 2. The van der Waals surface area contributed by atoms with Gasteiger partial charge in [0.1, 0.15) is 13.2 Å². The Morgan fingerprint density at radius 2 is 1.61 bits per heavy atom. The minimum Gasteiger partial charge on any atom is -0.486 e. The third-order valence-electron chi connectivity index (χ3n) is 4.13. The topological polar surface area (TPSA) is 83.1 Å². The molecule has 0 spiro atoms. The van der Waals surface area contributed by atoms with Crippen molar-refractivity contribution >= 4 is 17.4 Å². The molecule has 0 aromatic heterocycles. The molecule has 9 heteroatoms. The number of alkyl halides is 2. The highest BCUT2D eigenvalue weighted by atomic mass is 19.3. The summed E-state index contributed by atoms with van der Waals surface area (Å²) in [5.74, 6) is 0.133. The van der Waals surface area contributed by atoms with Gasteiger partial charge in [0.15, 0.2) is 28.8 Å². The Morgan fingerprint density at radius 1 is 0.893 bits per heavy atom. The number of ether oxygens (including phenoxy) is 4. The van der Waals surface area contributed by atoms with Gasteiger partial charge >= 0.3 is 6.29 Å². The molecule has 2 aliphatic heterocycles. The fraction of sp³-hybridized carbons (Fsp3) is 0.263. The molecule has 2 aromatic rings. The fourth-order valence-corrected chi connectivity index (χ4v) is 2.84. The Balaban J connectivity index is 1.33. The van der Waals surface area contributed by atoms with Crippen LogP contribution in [0.3, 0.4) is 0 Å². The predicted octanol–water partition coefficient (Wildman–Crippen LogP) is 3.38. The summed E-state index contributed by atoms with van der Waals surface area (Å²) >= 11 is 0. The molecule has 0 bridgehead atoms. The molecule has 0 saturated heterocycles. The molecule has 146 valence electrons. The first-order valence-electron chi connectivity index (χ1n) is 8.52. The van der Waals surface area contributed by atoms with Crippen molar-refractivity contribution in [1.82, 2.24) is 0 Å². The van der Waals surface area contributed by atoms with Gasteiger partial charge in [-0.15, -0.1) is 8.78 Å². The number of benzene rings is 2. The van der Waals surface area contributed by atoms with Gasteiger partial charge in [0.05, 0.1) is 0 Å². The molecule has 1 amide bonds. The van der Waals surface area contributed by atoms with Crippen LogP contribution in [0.5, 0.6) is 23.0 Å². The Bertz CT molecular complexity index is 946. The molecule has 0 radical (unpaired) electrons. The third-order valence-corrected chi connectivity index (χ3v) is 4.13. The summed E-state index contributed by atoms with van der Waals surface area (Å²) in [5, 5.41) is 2.54. The van der Waals surface area contributed by atoms with E-state index in [1.54, 1.807) is 18.2 Å². The number of amides is 1. The largest absolute Gasteiger partial charge is 0.586 e. The van der Waals surface area contributed by atoms with Crippen molar-refractivity contribution < 1.29 is 37.3 Å². The maximum Gasteiger partial charge on any atom is 0.586 e. The highest BCUT2D eigenvalue weighted by Crippen LogP contribution is 2.42. The average molecular weight is 391 g/mol. The Labute approximate surface area is 158 Å². The van der Waals surface area contributed by atoms with Crippen molar-refractivity contribution in [3.05, 3.63) is 42.0 Å². The lowest BCUT2D eigenvalue weighted by atomic mass is 10.1. The zero-order valence-electron chi connectivity index (χ0n) is 14.5. The Kier molecular flexibility index (Phi) is 4.50. The normalized spacial score (nSPS) is 15.8. The van der Waals surface area contributed by atoms with Gasteiger partial charge < -0.3 is 24.3 Å². The molecule has 7 nitrogen and oxygen atoms in total. The van der Waals surface area contributed by atoms with Gasteiger partial charge in [-0.25, -0.2) is 0 Å². The molecule has 0 fully saturated rings. The van der Waals surface area contributed by atoms with E-state index in [1.807, 2.05) is 0 Å². The SMILES string of the molecule is O=C(CCC(=O)c1ccc2c(c1)OCCO2)Nc1ccc2c(c1)OC(F)(F)O2. The van der Waals surface area contributed by atoms with E-state index in [0.29, 0.717) is 30.3 Å². The summed E-state index contributed by atoms with van der Waals surface area (Å²) in [6.07, 6.45) is -3.81. The standard InChI is InChI=1S/C19H15F2NO6/c20-19(21)27-15-5-2-12(10-17(15)28-19)22-18(24)6-3-13(23)11-1-4-14-16(9-11)26-8-7-25-14/h1-2,4-5,9-10H,3,6-8H2,(H,22,24). The van der Waals surface area contributed by atoms with Crippen molar-refractivity contribution in [2.24, 2.45) is 0 Å². The van der Waals surface area contributed by atoms with Gasteiger partial charge in [0.25, 0.3) is 0 Å². The van der Waals surface area contributed by atoms with Crippen molar-refractivity contribution in [1.29, 1.82) is 0 Å². The second-order valence-corrected chi connectivity index (χ2v) is 6.16. The van der Waals surface area contributed by atoms with Crippen LogP contribution in [-0.4, -0.2) is 31.2 Å². The number of rotatable bonds is 5. The van der Waals surface area contributed by atoms with E-state index in [2.05, 4.69) is 14.8 Å². The monoisotopic (exact) mass is 391 g/mol. The highest BCUT2D eigenvalue weighted by molar-refractivity contribution is 6.00. The number of hydrogen-bond donors (Lipinski definition) is 1. The highest BCUT2D eigenvalue weighted by Gasteiger charge is 2.43. The molecule has 2 aliphatic rings. The molecule has 0 atom stereocenters. The average Bonchev–Trinajstić information content (AvgIpc) is 2.98. The van der Waals surface area contributed by atoms with Crippen LogP contribution < -0.4 is 24.3 Å². The lowest BCUT2D eigenvalue weighted by molar-refractivity contribution is -0.286. The summed E-state index contributed by atoms with van der Waals surface area (Å²) in [7, 11) is 0. The molecule has 2 heterocycles. The zero-order valence-corrected chi connectivity index (χ0v) is 14.5. The van der Waals surface area contributed by atoms with Crippen LogP contribution in [0, 0.1) is 0 Å². The summed E-state index contributed by atoms with van der Waals surface area (Å²) < 4.78 is 45.5. The second-order valence-electron chi connectivity index (χ2n) is 6.16. The fourth-order valence-electron chi connectivity index (χ4n) is 2.84. The molecule has 0 saturated carbocycles. The van der Waals surface area contributed by atoms with Crippen LogP contribution in [0.2, 0.25) is 0 Å². The van der Waals surface area contributed by atoms with Gasteiger partial charge in [0.2, 0.25) is 5.91 Å². The van der Waals surface area contributed by atoms with E-state index in [1.165, 1.54) is 18.2 Å². The number of halogens is 2. The maximum absolute atomic E-state index is 13.0. The zero-order chi connectivity index (χ0) is 19.7. The Morgan fingerprint density at radius 3 is 2.43 bits per heavy atom. The number of fused-ring (bicyclic) bond motifs is 2. The lowest BCUT2D eigenvalue weighted by Gasteiger charge is -2.18. The first kappa shape index (κ1) is 18.0. The smallest absolute Gasteiger partial charge is 0.486 e. The lowest BCUT2D eigenvalue weighted by Crippen LogP contribution is -2.25. The third kappa shape index (κ3) is 3.83. The van der Waals surface area contributed by atoms with Crippen LogP contribution >= 0.6 is 0 Å². The molecular weight excluding hydrogens is 376 g/mol. The summed E-state index contributed by atoms with van der Waals surface area (Å²) in [6.45, 7) is 0.868. The Hall–Kier alpha value is -3.36. The number of anilines is 1. The van der Waals surface area contributed by atoms with Gasteiger partial charge in [0, 0.05) is 30.2 Å². The van der Waals surface area contributed by atoms with Crippen molar-refractivity contribution in [2.75, 3.05) is 18.5 Å². The minimum absolute atomic E-state index is 0.0197. The van der Waals surface area contributed by atoms with E-state index in [9.17, 15) is 18.4 Å². The van der Waals surface area contributed by atoms with Gasteiger partial charge in [-0.2, -0.15) is 0 Å². The number of Topliss-reactive ketones (excluding diaryl/α,β-unsaturated/α-hetero) is 1. The number of nitrogens with one attached hydrogen (secondary N) is 1. The molecule has 0 aliphatic carbocycles. The number of carbonyl (C=O) groups excluding carboxylic acids is 2. The molecule has 28 heavy (non-hydrogen) atoms. The second kappa shape index (κ2) is 6.99. The van der Waals surface area contributed by atoms with E-state index in [4.69, 9.17) is 9.47 Å². The maximum atomic E-state index is 13.0. The summed E-state index contributed by atoms with van der Waals surface area (Å²) in [6, 6.07) is 8.77. The first-order valence-corrected chi connectivity index (χ1v) is 8.52. The van der Waals surface area contributed by atoms with Crippen LogP contribution in [-0.2, 0) is 4.79 Å². The van der Waals surface area contributed by atoms with Crippen LogP contribution in [0.25, 0.3) is 0 Å². The van der Waals surface area contributed by atoms with E-state index in [0.717, 1.165) is 0 Å². The minimum atomic E-state index is -3.72. The van der Waals surface area contributed by atoms with Gasteiger partial charge in [-0.1, -0.05) is 0 Å².